The van der Waals surface area contributed by atoms with Crippen LogP contribution in [-0.4, -0.2) is 27.7 Å². The summed E-state index contributed by atoms with van der Waals surface area (Å²) in [6, 6.07) is 8.89. The number of thiazole rings is 1. The number of amides is 1. The van der Waals surface area contributed by atoms with Crippen LogP contribution in [0, 0.1) is 0 Å². The quantitative estimate of drug-likeness (QED) is 0.597. The smallest absolute Gasteiger partial charge is 0.257 e. The number of carbonyl (C=O) groups is 1. The SMILES string of the molecule is O=C(Nc1nc2cc3c(cc2s1)OCO3)c1ccc2nccnc2c1. The predicted molar refractivity (Wildman–Crippen MR) is 93.2 cm³/mol. The fraction of sp³-hybridized carbons (Fsp3) is 0.0588. The van der Waals surface area contributed by atoms with Crippen molar-refractivity contribution in [3.63, 3.8) is 0 Å². The molecular weight excluding hydrogens is 340 g/mol. The van der Waals surface area contributed by atoms with Crippen molar-refractivity contribution in [1.29, 1.82) is 0 Å². The maximum absolute atomic E-state index is 12.5. The van der Waals surface area contributed by atoms with Gasteiger partial charge in [0.1, 0.15) is 0 Å². The Hall–Kier alpha value is -3.26. The molecule has 1 N–H and O–H groups in total. The molecule has 8 heteroatoms. The van der Waals surface area contributed by atoms with Gasteiger partial charge in [-0.1, -0.05) is 11.3 Å². The molecule has 0 bridgehead atoms. The number of aromatic nitrogens is 3. The lowest BCUT2D eigenvalue weighted by molar-refractivity contribution is 0.102. The summed E-state index contributed by atoms with van der Waals surface area (Å²) in [5.74, 6) is 1.12. The number of anilines is 1. The van der Waals surface area contributed by atoms with Crippen LogP contribution >= 0.6 is 11.3 Å². The van der Waals surface area contributed by atoms with Crippen LogP contribution in [0.3, 0.4) is 0 Å². The fourth-order valence-corrected chi connectivity index (χ4v) is 3.52. The van der Waals surface area contributed by atoms with E-state index in [0.717, 1.165) is 15.7 Å². The average molecular weight is 350 g/mol. The predicted octanol–water partition coefficient (Wildman–Crippen LogP) is 3.22. The molecule has 5 rings (SSSR count). The van der Waals surface area contributed by atoms with E-state index >= 15 is 0 Å². The van der Waals surface area contributed by atoms with E-state index in [0.29, 0.717) is 27.7 Å². The van der Waals surface area contributed by atoms with Gasteiger partial charge in [-0.05, 0) is 18.2 Å². The van der Waals surface area contributed by atoms with Gasteiger partial charge in [0.05, 0.1) is 21.3 Å². The van der Waals surface area contributed by atoms with Crippen LogP contribution in [-0.2, 0) is 0 Å². The Balaban J connectivity index is 1.45. The highest BCUT2D eigenvalue weighted by Crippen LogP contribution is 2.39. The summed E-state index contributed by atoms with van der Waals surface area (Å²) in [6.45, 7) is 0.223. The number of fused-ring (bicyclic) bond motifs is 3. The van der Waals surface area contributed by atoms with Crippen molar-refractivity contribution in [2.45, 2.75) is 0 Å². The Kier molecular flexibility index (Phi) is 3.04. The van der Waals surface area contributed by atoms with Gasteiger partial charge in [0.15, 0.2) is 16.6 Å². The van der Waals surface area contributed by atoms with Crippen LogP contribution in [0.4, 0.5) is 5.13 Å². The molecular formula is C17H10N4O3S. The van der Waals surface area contributed by atoms with Crippen LogP contribution in [0.5, 0.6) is 11.5 Å². The summed E-state index contributed by atoms with van der Waals surface area (Å²) in [7, 11) is 0. The van der Waals surface area contributed by atoms with E-state index < -0.39 is 0 Å². The summed E-state index contributed by atoms with van der Waals surface area (Å²) in [5, 5.41) is 3.34. The lowest BCUT2D eigenvalue weighted by atomic mass is 10.2. The Morgan fingerprint density at radius 3 is 2.68 bits per heavy atom. The molecule has 1 aliphatic rings. The molecule has 25 heavy (non-hydrogen) atoms. The summed E-state index contributed by atoms with van der Waals surface area (Å²) in [5.41, 5.74) is 2.68. The minimum atomic E-state index is -0.244. The number of hydrogen-bond donors (Lipinski definition) is 1. The minimum Gasteiger partial charge on any atom is -0.454 e. The fourth-order valence-electron chi connectivity index (χ4n) is 2.65. The van der Waals surface area contributed by atoms with Gasteiger partial charge in [0.25, 0.3) is 5.91 Å². The highest BCUT2D eigenvalue weighted by atomic mass is 32.1. The zero-order valence-electron chi connectivity index (χ0n) is 12.7. The van der Waals surface area contributed by atoms with Crippen LogP contribution in [0.1, 0.15) is 10.4 Å². The Labute approximate surface area is 145 Å². The maximum atomic E-state index is 12.5. The zero-order valence-corrected chi connectivity index (χ0v) is 13.5. The number of rotatable bonds is 2. The first-order valence-electron chi connectivity index (χ1n) is 7.48. The van der Waals surface area contributed by atoms with Gasteiger partial charge < -0.3 is 9.47 Å². The molecule has 2 aromatic heterocycles. The molecule has 1 amide bonds. The monoisotopic (exact) mass is 350 g/mol. The zero-order chi connectivity index (χ0) is 16.8. The van der Waals surface area contributed by atoms with Crippen molar-refractivity contribution >= 4 is 43.6 Å². The molecule has 2 aromatic carbocycles. The van der Waals surface area contributed by atoms with Crippen LogP contribution < -0.4 is 14.8 Å². The Morgan fingerprint density at radius 2 is 1.80 bits per heavy atom. The lowest BCUT2D eigenvalue weighted by Crippen LogP contribution is -2.11. The second kappa shape index (κ2) is 5.38. The Morgan fingerprint density at radius 1 is 1.00 bits per heavy atom. The number of benzene rings is 2. The van der Waals surface area contributed by atoms with Gasteiger partial charge in [-0.25, -0.2) is 4.98 Å². The summed E-state index contributed by atoms with van der Waals surface area (Å²) >= 11 is 1.38. The molecule has 0 spiro atoms. The molecule has 0 atom stereocenters. The molecule has 122 valence electrons. The van der Waals surface area contributed by atoms with Crippen LogP contribution in [0.15, 0.2) is 42.7 Å². The first-order valence-corrected chi connectivity index (χ1v) is 8.30. The molecule has 7 nitrogen and oxygen atoms in total. The summed E-state index contributed by atoms with van der Waals surface area (Å²) < 4.78 is 11.6. The average Bonchev–Trinajstić information content (AvgIpc) is 3.24. The van der Waals surface area contributed by atoms with Crippen LogP contribution in [0.25, 0.3) is 21.3 Å². The molecule has 0 aliphatic carbocycles. The van der Waals surface area contributed by atoms with Gasteiger partial charge in [-0.15, -0.1) is 0 Å². The standard InChI is InChI=1S/C17H10N4O3S/c22-16(9-1-2-10-11(5-9)19-4-3-18-10)21-17-20-12-6-13-14(24-8-23-13)7-15(12)25-17/h1-7H,8H2,(H,20,21,22). The largest absolute Gasteiger partial charge is 0.454 e. The van der Waals surface area contributed by atoms with Crippen LogP contribution in [0.2, 0.25) is 0 Å². The summed E-state index contributed by atoms with van der Waals surface area (Å²) in [6.07, 6.45) is 3.22. The van der Waals surface area contributed by atoms with Crippen molar-refractivity contribution in [1.82, 2.24) is 15.0 Å². The second-order valence-electron chi connectivity index (χ2n) is 5.41. The molecule has 0 unspecified atom stereocenters. The molecule has 4 aromatic rings. The molecule has 3 heterocycles. The van der Waals surface area contributed by atoms with Gasteiger partial charge >= 0.3 is 0 Å². The number of carbonyl (C=O) groups excluding carboxylic acids is 1. The van der Waals surface area contributed by atoms with E-state index in [1.165, 1.54) is 11.3 Å². The van der Waals surface area contributed by atoms with Crippen molar-refractivity contribution < 1.29 is 14.3 Å². The topological polar surface area (TPSA) is 86.2 Å². The number of ether oxygens (including phenoxy) is 2. The first kappa shape index (κ1) is 14.1. The first-order chi connectivity index (χ1) is 12.3. The number of hydrogen-bond acceptors (Lipinski definition) is 7. The third-order valence-electron chi connectivity index (χ3n) is 3.83. The molecule has 0 saturated carbocycles. The van der Waals surface area contributed by atoms with E-state index in [2.05, 4.69) is 20.3 Å². The van der Waals surface area contributed by atoms with Crippen molar-refractivity contribution in [3.8, 4) is 11.5 Å². The highest BCUT2D eigenvalue weighted by Gasteiger charge is 2.17. The third kappa shape index (κ3) is 2.43. The normalized spacial score (nSPS) is 12.6. The van der Waals surface area contributed by atoms with E-state index in [-0.39, 0.29) is 12.7 Å². The van der Waals surface area contributed by atoms with Gasteiger partial charge in [-0.3, -0.25) is 20.1 Å². The van der Waals surface area contributed by atoms with Crippen molar-refractivity contribution in [2.75, 3.05) is 12.1 Å². The number of nitrogens with one attached hydrogen (secondary N) is 1. The second-order valence-corrected chi connectivity index (χ2v) is 6.44. The van der Waals surface area contributed by atoms with Crippen molar-refractivity contribution in [2.24, 2.45) is 0 Å². The minimum absolute atomic E-state index is 0.223. The van der Waals surface area contributed by atoms with E-state index in [4.69, 9.17) is 9.47 Å². The maximum Gasteiger partial charge on any atom is 0.257 e. The number of nitrogens with zero attached hydrogens (tertiary/aromatic N) is 3. The van der Waals surface area contributed by atoms with Gasteiger partial charge in [0.2, 0.25) is 6.79 Å². The molecule has 0 saturated heterocycles. The van der Waals surface area contributed by atoms with E-state index in [9.17, 15) is 4.79 Å². The van der Waals surface area contributed by atoms with Gasteiger partial charge in [-0.2, -0.15) is 0 Å². The Bertz CT molecular complexity index is 1100. The highest BCUT2D eigenvalue weighted by molar-refractivity contribution is 7.22. The van der Waals surface area contributed by atoms with Crippen molar-refractivity contribution in [3.05, 3.63) is 48.3 Å². The molecule has 0 fully saturated rings. The third-order valence-corrected chi connectivity index (χ3v) is 4.77. The summed E-state index contributed by atoms with van der Waals surface area (Å²) in [4.78, 5) is 25.3. The van der Waals surface area contributed by atoms with E-state index in [1.807, 2.05) is 12.1 Å². The van der Waals surface area contributed by atoms with Gasteiger partial charge in [0, 0.05) is 30.1 Å². The molecule has 0 radical (unpaired) electrons. The van der Waals surface area contributed by atoms with E-state index in [1.54, 1.807) is 30.6 Å². The molecule has 1 aliphatic heterocycles. The lowest BCUT2D eigenvalue weighted by Gasteiger charge is -2.02.